The molecule has 0 atom stereocenters. The minimum Gasteiger partial charge on any atom is -0.493 e. The Morgan fingerprint density at radius 2 is 1.89 bits per heavy atom. The highest BCUT2D eigenvalue weighted by atomic mass is 16.5. The maximum atomic E-state index is 5.25. The minimum absolute atomic E-state index is 0.662. The molecule has 0 unspecified atom stereocenters. The maximum Gasteiger partial charge on any atom is 0.163 e. The van der Waals surface area contributed by atoms with E-state index in [1.54, 1.807) is 26.6 Å². The van der Waals surface area contributed by atoms with E-state index in [9.17, 15) is 0 Å². The van der Waals surface area contributed by atoms with Gasteiger partial charge in [0, 0.05) is 18.3 Å². The number of imidazole rings is 1. The fourth-order valence-corrected chi connectivity index (χ4v) is 1.85. The molecule has 0 fully saturated rings. The molecule has 1 aromatic carbocycles. The second-order valence-electron chi connectivity index (χ2n) is 3.80. The molecule has 0 aliphatic rings. The SMILES string of the molecule is COc1cc2nc(-c3cn[nH]c3)[nH]c2cc1OC. The molecular weight excluding hydrogens is 232 g/mol. The van der Waals surface area contributed by atoms with Crippen molar-refractivity contribution < 1.29 is 9.47 Å². The Bertz CT molecular complexity index is 632. The van der Waals surface area contributed by atoms with Gasteiger partial charge in [-0.2, -0.15) is 5.10 Å². The van der Waals surface area contributed by atoms with Crippen molar-refractivity contribution in [3.05, 3.63) is 24.5 Å². The summed E-state index contributed by atoms with van der Waals surface area (Å²) in [4.78, 5) is 7.71. The van der Waals surface area contributed by atoms with Gasteiger partial charge in [0.05, 0.1) is 37.0 Å². The van der Waals surface area contributed by atoms with Crippen LogP contribution in [0, 0.1) is 0 Å². The molecule has 0 saturated heterocycles. The smallest absolute Gasteiger partial charge is 0.163 e. The van der Waals surface area contributed by atoms with Gasteiger partial charge < -0.3 is 14.5 Å². The number of nitrogens with one attached hydrogen (secondary N) is 2. The van der Waals surface area contributed by atoms with E-state index in [2.05, 4.69) is 20.2 Å². The van der Waals surface area contributed by atoms with Gasteiger partial charge in [-0.15, -0.1) is 0 Å². The molecule has 6 heteroatoms. The molecule has 0 bridgehead atoms. The van der Waals surface area contributed by atoms with Crippen LogP contribution >= 0.6 is 0 Å². The van der Waals surface area contributed by atoms with Crippen LogP contribution in [0.3, 0.4) is 0 Å². The summed E-state index contributed by atoms with van der Waals surface area (Å²) in [7, 11) is 3.21. The molecule has 3 rings (SSSR count). The quantitative estimate of drug-likeness (QED) is 0.738. The molecule has 0 radical (unpaired) electrons. The fraction of sp³-hybridized carbons (Fsp3) is 0.167. The molecule has 2 N–H and O–H groups in total. The van der Waals surface area contributed by atoms with Crippen LogP contribution in [0.2, 0.25) is 0 Å². The van der Waals surface area contributed by atoms with Gasteiger partial charge in [0.25, 0.3) is 0 Å². The standard InChI is InChI=1S/C12H12N4O2/c1-17-10-3-8-9(4-11(10)18-2)16-12(15-8)7-5-13-14-6-7/h3-6H,1-2H3,(H,13,14)(H,15,16). The molecule has 6 nitrogen and oxygen atoms in total. The van der Waals surface area contributed by atoms with Gasteiger partial charge in [-0.1, -0.05) is 0 Å². The van der Waals surface area contributed by atoms with E-state index in [0.717, 1.165) is 22.4 Å². The van der Waals surface area contributed by atoms with Crippen molar-refractivity contribution in [1.82, 2.24) is 20.2 Å². The normalized spacial score (nSPS) is 10.8. The van der Waals surface area contributed by atoms with Crippen molar-refractivity contribution in [3.8, 4) is 22.9 Å². The monoisotopic (exact) mass is 244 g/mol. The van der Waals surface area contributed by atoms with Gasteiger partial charge >= 0.3 is 0 Å². The topological polar surface area (TPSA) is 75.8 Å². The maximum absolute atomic E-state index is 5.25. The van der Waals surface area contributed by atoms with E-state index < -0.39 is 0 Å². The second-order valence-corrected chi connectivity index (χ2v) is 3.80. The summed E-state index contributed by atoms with van der Waals surface area (Å²) >= 11 is 0. The third-order valence-electron chi connectivity index (χ3n) is 2.76. The Kier molecular flexibility index (Phi) is 2.40. The molecule has 0 aliphatic heterocycles. The molecular formula is C12H12N4O2. The number of aromatic nitrogens is 4. The number of fused-ring (bicyclic) bond motifs is 1. The van der Waals surface area contributed by atoms with Crippen molar-refractivity contribution in [2.45, 2.75) is 0 Å². The highest BCUT2D eigenvalue weighted by molar-refractivity contribution is 5.82. The van der Waals surface area contributed by atoms with Crippen molar-refractivity contribution in [2.24, 2.45) is 0 Å². The summed E-state index contributed by atoms with van der Waals surface area (Å²) in [6.45, 7) is 0. The predicted octanol–water partition coefficient (Wildman–Crippen LogP) is 1.97. The number of benzene rings is 1. The Hall–Kier alpha value is -2.50. The van der Waals surface area contributed by atoms with Crippen LogP contribution in [-0.2, 0) is 0 Å². The average molecular weight is 244 g/mol. The van der Waals surface area contributed by atoms with Crippen molar-refractivity contribution in [3.63, 3.8) is 0 Å². The first kappa shape index (κ1) is 10.6. The zero-order valence-corrected chi connectivity index (χ0v) is 10.0. The number of ether oxygens (including phenoxy) is 2. The molecule has 2 heterocycles. The lowest BCUT2D eigenvalue weighted by Crippen LogP contribution is -1.89. The summed E-state index contributed by atoms with van der Waals surface area (Å²) in [6, 6.07) is 3.71. The van der Waals surface area contributed by atoms with E-state index in [1.807, 2.05) is 12.1 Å². The van der Waals surface area contributed by atoms with E-state index in [4.69, 9.17) is 9.47 Å². The molecule has 0 amide bonds. The lowest BCUT2D eigenvalue weighted by molar-refractivity contribution is 0.356. The zero-order valence-electron chi connectivity index (χ0n) is 10.0. The van der Waals surface area contributed by atoms with Crippen LogP contribution in [0.1, 0.15) is 0 Å². The molecule has 0 aliphatic carbocycles. The van der Waals surface area contributed by atoms with Gasteiger partial charge in [0.2, 0.25) is 0 Å². The van der Waals surface area contributed by atoms with E-state index >= 15 is 0 Å². The Labute approximate surface area is 103 Å². The van der Waals surface area contributed by atoms with Gasteiger partial charge in [-0.25, -0.2) is 4.98 Å². The van der Waals surface area contributed by atoms with E-state index in [0.29, 0.717) is 11.5 Å². The van der Waals surface area contributed by atoms with Gasteiger partial charge in [-0.3, -0.25) is 5.10 Å². The number of hydrogen-bond donors (Lipinski definition) is 2. The first-order valence-electron chi connectivity index (χ1n) is 5.42. The minimum atomic E-state index is 0.662. The predicted molar refractivity (Wildman–Crippen MR) is 66.8 cm³/mol. The third-order valence-corrected chi connectivity index (χ3v) is 2.76. The zero-order chi connectivity index (χ0) is 12.5. The number of nitrogens with zero attached hydrogens (tertiary/aromatic N) is 2. The van der Waals surface area contributed by atoms with Gasteiger partial charge in [0.1, 0.15) is 5.82 Å². The Morgan fingerprint density at radius 3 is 2.56 bits per heavy atom. The Morgan fingerprint density at radius 1 is 1.11 bits per heavy atom. The van der Waals surface area contributed by atoms with Crippen LogP contribution in [0.25, 0.3) is 22.4 Å². The summed E-state index contributed by atoms with van der Waals surface area (Å²) in [5.41, 5.74) is 2.62. The number of hydrogen-bond acceptors (Lipinski definition) is 4. The third kappa shape index (κ3) is 1.58. The summed E-state index contributed by atoms with van der Waals surface area (Å²) < 4.78 is 10.5. The van der Waals surface area contributed by atoms with Gasteiger partial charge in [-0.05, 0) is 0 Å². The average Bonchev–Trinajstić information content (AvgIpc) is 3.04. The first-order valence-corrected chi connectivity index (χ1v) is 5.42. The largest absolute Gasteiger partial charge is 0.493 e. The van der Waals surface area contributed by atoms with Crippen LogP contribution in [0.5, 0.6) is 11.5 Å². The molecule has 3 aromatic rings. The summed E-state index contributed by atoms with van der Waals surface area (Å²) in [6.07, 6.45) is 3.50. The van der Waals surface area contributed by atoms with E-state index in [1.165, 1.54) is 0 Å². The van der Waals surface area contributed by atoms with Crippen LogP contribution in [-0.4, -0.2) is 34.4 Å². The van der Waals surface area contributed by atoms with Crippen molar-refractivity contribution in [2.75, 3.05) is 14.2 Å². The fourth-order valence-electron chi connectivity index (χ4n) is 1.85. The molecule has 0 saturated carbocycles. The number of methoxy groups -OCH3 is 2. The van der Waals surface area contributed by atoms with Gasteiger partial charge in [0.15, 0.2) is 11.5 Å². The van der Waals surface area contributed by atoms with Crippen molar-refractivity contribution in [1.29, 1.82) is 0 Å². The molecule has 92 valence electrons. The lowest BCUT2D eigenvalue weighted by Gasteiger charge is -2.06. The molecule has 18 heavy (non-hydrogen) atoms. The van der Waals surface area contributed by atoms with Crippen LogP contribution in [0.15, 0.2) is 24.5 Å². The molecule has 0 spiro atoms. The summed E-state index contributed by atoms with van der Waals surface area (Å²) in [5, 5.41) is 6.66. The highest BCUT2D eigenvalue weighted by Crippen LogP contribution is 2.32. The first-order chi connectivity index (χ1) is 8.81. The van der Waals surface area contributed by atoms with E-state index in [-0.39, 0.29) is 0 Å². The van der Waals surface area contributed by atoms with Crippen molar-refractivity contribution >= 4 is 11.0 Å². The second kappa shape index (κ2) is 4.06. The number of H-pyrrole nitrogens is 2. The number of rotatable bonds is 3. The van der Waals surface area contributed by atoms with Crippen LogP contribution < -0.4 is 9.47 Å². The Balaban J connectivity index is 2.17. The summed E-state index contributed by atoms with van der Waals surface area (Å²) in [5.74, 6) is 2.09. The van der Waals surface area contributed by atoms with Crippen LogP contribution in [0.4, 0.5) is 0 Å². The highest BCUT2D eigenvalue weighted by Gasteiger charge is 2.11. The molecule has 2 aromatic heterocycles. The lowest BCUT2D eigenvalue weighted by atomic mass is 10.3. The number of aromatic amines is 2.